The van der Waals surface area contributed by atoms with E-state index in [4.69, 9.17) is 39.5 Å². The highest BCUT2D eigenvalue weighted by Crippen LogP contribution is 2.28. The van der Waals surface area contributed by atoms with Crippen LogP contribution in [0.15, 0.2) is 0 Å². The molecule has 0 aliphatic rings. The summed E-state index contributed by atoms with van der Waals surface area (Å²) in [6.45, 7) is 5.97. The van der Waals surface area contributed by atoms with Crippen molar-refractivity contribution in [1.82, 2.24) is 15.1 Å². The number of ether oxygens (including phenoxy) is 1. The number of halogens is 3. The minimum absolute atomic E-state index is 0.122. The fourth-order valence-corrected chi connectivity index (χ4v) is 2.19. The van der Waals surface area contributed by atoms with Crippen molar-refractivity contribution in [3.63, 3.8) is 0 Å². The summed E-state index contributed by atoms with van der Waals surface area (Å²) in [6.07, 6.45) is 0.822. The molecule has 8 heteroatoms. The van der Waals surface area contributed by atoms with Crippen LogP contribution in [0.4, 0.5) is 4.79 Å². The van der Waals surface area contributed by atoms with Crippen molar-refractivity contribution < 1.29 is 9.53 Å². The van der Waals surface area contributed by atoms with Crippen molar-refractivity contribution in [2.24, 2.45) is 0 Å². The van der Waals surface area contributed by atoms with Crippen LogP contribution in [0.25, 0.3) is 0 Å². The van der Waals surface area contributed by atoms with E-state index in [-0.39, 0.29) is 16.4 Å². The summed E-state index contributed by atoms with van der Waals surface area (Å²) < 4.78 is 5.26. The van der Waals surface area contributed by atoms with Gasteiger partial charge in [0.05, 0.1) is 5.02 Å². The number of carbonyl (C=O) groups is 1. The maximum atomic E-state index is 11.8. The predicted octanol–water partition coefficient (Wildman–Crippen LogP) is 4.24. The van der Waals surface area contributed by atoms with E-state index in [1.807, 2.05) is 20.8 Å². The zero-order valence-electron chi connectivity index (χ0n) is 12.4. The van der Waals surface area contributed by atoms with E-state index in [1.54, 1.807) is 7.05 Å². The number of hydrogen-bond donors (Lipinski definition) is 0. The van der Waals surface area contributed by atoms with Crippen LogP contribution in [0.5, 0.6) is 0 Å². The van der Waals surface area contributed by atoms with Gasteiger partial charge in [0.2, 0.25) is 0 Å². The molecule has 5 nitrogen and oxygen atoms in total. The second-order valence-electron chi connectivity index (χ2n) is 5.58. The van der Waals surface area contributed by atoms with Crippen molar-refractivity contribution in [2.45, 2.75) is 39.2 Å². The van der Waals surface area contributed by atoms with Crippen molar-refractivity contribution in [2.75, 3.05) is 13.6 Å². The van der Waals surface area contributed by atoms with Crippen molar-refractivity contribution in [1.29, 1.82) is 0 Å². The molecular formula is C13H18Cl3N3O2. The van der Waals surface area contributed by atoms with Crippen LogP contribution in [0, 0.1) is 0 Å². The Morgan fingerprint density at radius 1 is 1.19 bits per heavy atom. The molecule has 118 valence electrons. The molecule has 0 unspecified atom stereocenters. The molecule has 0 aliphatic carbocycles. The van der Waals surface area contributed by atoms with Gasteiger partial charge < -0.3 is 9.64 Å². The molecule has 0 N–H and O–H groups in total. The fraction of sp³-hybridized carbons (Fsp3) is 0.615. The van der Waals surface area contributed by atoms with Gasteiger partial charge in [-0.1, -0.05) is 34.8 Å². The van der Waals surface area contributed by atoms with Gasteiger partial charge in [0.25, 0.3) is 0 Å². The van der Waals surface area contributed by atoms with E-state index in [0.717, 1.165) is 0 Å². The van der Waals surface area contributed by atoms with Gasteiger partial charge in [-0.3, -0.25) is 0 Å². The number of amides is 1. The minimum atomic E-state index is -0.513. The fourth-order valence-electron chi connectivity index (χ4n) is 1.54. The molecule has 0 aliphatic heterocycles. The van der Waals surface area contributed by atoms with Crippen molar-refractivity contribution >= 4 is 40.9 Å². The van der Waals surface area contributed by atoms with E-state index < -0.39 is 5.60 Å². The number of rotatable bonds is 4. The van der Waals surface area contributed by atoms with Crippen LogP contribution in [-0.2, 0) is 11.2 Å². The first-order valence-corrected chi connectivity index (χ1v) is 7.55. The van der Waals surface area contributed by atoms with Crippen molar-refractivity contribution in [3.8, 4) is 0 Å². The molecule has 0 bridgehead atoms. The van der Waals surface area contributed by atoms with E-state index >= 15 is 0 Å². The van der Waals surface area contributed by atoms with Gasteiger partial charge in [0, 0.05) is 19.2 Å². The van der Waals surface area contributed by atoms with Gasteiger partial charge in [-0.15, -0.1) is 10.2 Å². The Hall–Kier alpha value is -0.780. The van der Waals surface area contributed by atoms with Crippen LogP contribution >= 0.6 is 34.8 Å². The van der Waals surface area contributed by atoms with Crippen LogP contribution in [-0.4, -0.2) is 40.4 Å². The average molecular weight is 355 g/mol. The maximum Gasteiger partial charge on any atom is 0.410 e. The monoisotopic (exact) mass is 353 g/mol. The average Bonchev–Trinajstić information content (AvgIpc) is 2.36. The highest BCUT2D eigenvalue weighted by Gasteiger charge is 2.19. The summed E-state index contributed by atoms with van der Waals surface area (Å²) in [4.78, 5) is 13.3. The Balaban J connectivity index is 2.54. The van der Waals surface area contributed by atoms with Crippen LogP contribution in [0.3, 0.4) is 0 Å². The lowest BCUT2D eigenvalue weighted by Crippen LogP contribution is -2.34. The molecule has 0 saturated heterocycles. The first-order valence-electron chi connectivity index (χ1n) is 6.42. The smallest absolute Gasteiger partial charge is 0.410 e. The zero-order valence-corrected chi connectivity index (χ0v) is 14.7. The number of hydrogen-bond acceptors (Lipinski definition) is 4. The van der Waals surface area contributed by atoms with E-state index in [0.29, 0.717) is 30.0 Å². The molecule has 0 spiro atoms. The first-order chi connectivity index (χ1) is 9.61. The first kappa shape index (κ1) is 18.3. The summed E-state index contributed by atoms with van der Waals surface area (Å²) in [5.41, 5.74) is 0.122. The van der Waals surface area contributed by atoms with Gasteiger partial charge in [0.15, 0.2) is 10.3 Å². The molecule has 1 aromatic rings. The molecule has 0 aromatic carbocycles. The molecule has 0 radical (unpaired) electrons. The van der Waals surface area contributed by atoms with Gasteiger partial charge in [-0.05, 0) is 33.6 Å². The molecule has 1 amide bonds. The number of nitrogens with zero attached hydrogens (tertiary/aromatic N) is 3. The van der Waals surface area contributed by atoms with Gasteiger partial charge in [-0.2, -0.15) is 0 Å². The molecule has 1 rings (SSSR count). The molecule has 1 heterocycles. The summed E-state index contributed by atoms with van der Waals surface area (Å²) in [6, 6.07) is 0. The summed E-state index contributed by atoms with van der Waals surface area (Å²) in [7, 11) is 1.68. The lowest BCUT2D eigenvalue weighted by molar-refractivity contribution is 0.0297. The number of aromatic nitrogens is 2. The minimum Gasteiger partial charge on any atom is -0.444 e. The van der Waals surface area contributed by atoms with Gasteiger partial charge in [0.1, 0.15) is 5.60 Å². The third kappa shape index (κ3) is 5.85. The Labute approximate surface area is 139 Å². The Morgan fingerprint density at radius 3 is 2.33 bits per heavy atom. The lowest BCUT2D eigenvalue weighted by atomic mass is 10.1. The molecule has 21 heavy (non-hydrogen) atoms. The highest BCUT2D eigenvalue weighted by molar-refractivity contribution is 6.42. The molecule has 0 saturated carbocycles. The Bertz CT molecular complexity index is 518. The van der Waals surface area contributed by atoms with E-state index in [1.165, 1.54) is 4.90 Å². The lowest BCUT2D eigenvalue weighted by Gasteiger charge is -2.24. The van der Waals surface area contributed by atoms with Gasteiger partial charge >= 0.3 is 6.09 Å². The molecule has 1 aromatic heterocycles. The Morgan fingerprint density at radius 2 is 1.76 bits per heavy atom. The van der Waals surface area contributed by atoms with E-state index in [9.17, 15) is 4.79 Å². The Kier molecular flexibility index (Phi) is 6.50. The SMILES string of the molecule is CN(CCCc1c(Cl)nnc(Cl)c1Cl)C(=O)OC(C)(C)C. The van der Waals surface area contributed by atoms with Crippen molar-refractivity contribution in [3.05, 3.63) is 20.9 Å². The highest BCUT2D eigenvalue weighted by atomic mass is 35.5. The molecular weight excluding hydrogens is 337 g/mol. The standard InChI is InChI=1S/C13H18Cl3N3O2/c1-13(2,3)21-12(20)19(4)7-5-6-8-9(14)11(16)18-17-10(8)15/h5-7H2,1-4H3. The van der Waals surface area contributed by atoms with Crippen LogP contribution in [0.2, 0.25) is 15.3 Å². The second-order valence-corrected chi connectivity index (χ2v) is 6.67. The summed E-state index contributed by atoms with van der Waals surface area (Å²) >= 11 is 17.8. The second kappa shape index (κ2) is 7.47. The normalized spacial score (nSPS) is 11.4. The molecule has 0 atom stereocenters. The zero-order chi connectivity index (χ0) is 16.2. The van der Waals surface area contributed by atoms with Crippen LogP contribution < -0.4 is 0 Å². The number of carbonyl (C=O) groups excluding carboxylic acids is 1. The maximum absolute atomic E-state index is 11.8. The third-order valence-corrected chi connectivity index (χ3v) is 3.62. The quantitative estimate of drug-likeness (QED) is 0.811. The summed E-state index contributed by atoms with van der Waals surface area (Å²) in [5.74, 6) is 0. The topological polar surface area (TPSA) is 55.3 Å². The van der Waals surface area contributed by atoms with Crippen LogP contribution in [0.1, 0.15) is 32.8 Å². The predicted molar refractivity (Wildman–Crippen MR) is 84.2 cm³/mol. The molecule has 0 fully saturated rings. The van der Waals surface area contributed by atoms with Gasteiger partial charge in [-0.25, -0.2) is 4.79 Å². The van der Waals surface area contributed by atoms with E-state index in [2.05, 4.69) is 10.2 Å². The summed E-state index contributed by atoms with van der Waals surface area (Å²) in [5, 5.41) is 7.98. The third-order valence-electron chi connectivity index (χ3n) is 2.55. The largest absolute Gasteiger partial charge is 0.444 e.